The molecule has 1 rings (SSSR count). The number of aryl methyl sites for hydroxylation is 1. The molecule has 0 spiro atoms. The van der Waals surface area contributed by atoms with Crippen LogP contribution in [-0.4, -0.2) is 29.6 Å². The highest BCUT2D eigenvalue weighted by Crippen LogP contribution is 2.21. The predicted octanol–water partition coefficient (Wildman–Crippen LogP) is 3.81. The van der Waals surface area contributed by atoms with Gasteiger partial charge >= 0.3 is 0 Å². The van der Waals surface area contributed by atoms with E-state index in [1.54, 1.807) is 6.07 Å². The van der Waals surface area contributed by atoms with E-state index >= 15 is 0 Å². The van der Waals surface area contributed by atoms with E-state index in [2.05, 4.69) is 18.7 Å². The number of phenols is 1. The molecular formula is C17H30N2O. The van der Waals surface area contributed by atoms with Crippen molar-refractivity contribution in [1.82, 2.24) is 4.90 Å². The largest absolute Gasteiger partial charge is 0.506 e. The maximum Gasteiger partial charge on any atom is 0.138 e. The topological polar surface area (TPSA) is 49.5 Å². The number of benzene rings is 1. The zero-order valence-electron chi connectivity index (χ0n) is 13.1. The molecule has 0 saturated carbocycles. The van der Waals surface area contributed by atoms with Crippen LogP contribution in [0.1, 0.15) is 51.5 Å². The summed E-state index contributed by atoms with van der Waals surface area (Å²) in [5.41, 5.74) is 7.42. The van der Waals surface area contributed by atoms with Crippen LogP contribution in [0.2, 0.25) is 0 Å². The van der Waals surface area contributed by atoms with E-state index < -0.39 is 0 Å². The fourth-order valence-electron chi connectivity index (χ4n) is 2.37. The molecule has 0 saturated heterocycles. The van der Waals surface area contributed by atoms with Crippen molar-refractivity contribution in [3.63, 3.8) is 0 Å². The Balaban J connectivity index is 2.36. The third-order valence-corrected chi connectivity index (χ3v) is 3.69. The van der Waals surface area contributed by atoms with Crippen LogP contribution in [0.25, 0.3) is 0 Å². The van der Waals surface area contributed by atoms with Crippen molar-refractivity contribution in [3.8, 4) is 5.75 Å². The summed E-state index contributed by atoms with van der Waals surface area (Å²) in [7, 11) is 0. The minimum atomic E-state index is 0.182. The Morgan fingerprint density at radius 1 is 1.00 bits per heavy atom. The first-order chi connectivity index (χ1) is 9.67. The summed E-state index contributed by atoms with van der Waals surface area (Å²) in [6.45, 7) is 8.08. The van der Waals surface area contributed by atoms with Gasteiger partial charge in [-0.1, -0.05) is 32.8 Å². The van der Waals surface area contributed by atoms with Gasteiger partial charge in [-0.25, -0.2) is 0 Å². The second-order valence-corrected chi connectivity index (χ2v) is 5.55. The molecule has 0 amide bonds. The summed E-state index contributed by atoms with van der Waals surface area (Å²) in [6, 6.07) is 5.54. The number of hydrogen-bond acceptors (Lipinski definition) is 3. The van der Waals surface area contributed by atoms with E-state index in [1.165, 1.54) is 44.3 Å². The monoisotopic (exact) mass is 278 g/mol. The second kappa shape index (κ2) is 9.65. The molecule has 3 nitrogen and oxygen atoms in total. The average Bonchev–Trinajstić information content (AvgIpc) is 2.45. The molecule has 0 unspecified atom stereocenters. The highest BCUT2D eigenvalue weighted by atomic mass is 16.3. The summed E-state index contributed by atoms with van der Waals surface area (Å²) in [5.74, 6) is 0.182. The SMILES string of the molecule is CCCCN(CCCC)CCCc1ccc(O)c(N)c1. The number of hydrogen-bond donors (Lipinski definition) is 2. The summed E-state index contributed by atoms with van der Waals surface area (Å²) in [4.78, 5) is 2.58. The van der Waals surface area contributed by atoms with Gasteiger partial charge in [0.25, 0.3) is 0 Å². The number of nitrogens with zero attached hydrogens (tertiary/aromatic N) is 1. The van der Waals surface area contributed by atoms with Gasteiger partial charge in [-0.2, -0.15) is 0 Å². The Morgan fingerprint density at radius 2 is 1.60 bits per heavy atom. The van der Waals surface area contributed by atoms with Crippen molar-refractivity contribution >= 4 is 5.69 Å². The minimum Gasteiger partial charge on any atom is -0.506 e. The van der Waals surface area contributed by atoms with Crippen LogP contribution in [0, 0.1) is 0 Å². The number of phenolic OH excluding ortho intramolecular Hbond substituents is 1. The molecule has 0 bridgehead atoms. The lowest BCUT2D eigenvalue weighted by atomic mass is 10.1. The van der Waals surface area contributed by atoms with Gasteiger partial charge < -0.3 is 15.7 Å². The van der Waals surface area contributed by atoms with Gasteiger partial charge in [0.1, 0.15) is 5.75 Å². The third kappa shape index (κ3) is 6.29. The van der Waals surface area contributed by atoms with Gasteiger partial charge in [0, 0.05) is 0 Å². The Kier molecular flexibility index (Phi) is 8.12. The number of nitrogens with two attached hydrogens (primary N) is 1. The first kappa shape index (κ1) is 16.8. The zero-order chi connectivity index (χ0) is 14.8. The highest BCUT2D eigenvalue weighted by Gasteiger charge is 2.05. The number of aromatic hydroxyl groups is 1. The fourth-order valence-corrected chi connectivity index (χ4v) is 2.37. The van der Waals surface area contributed by atoms with Crippen molar-refractivity contribution < 1.29 is 5.11 Å². The van der Waals surface area contributed by atoms with Crippen LogP contribution < -0.4 is 5.73 Å². The van der Waals surface area contributed by atoms with Crippen molar-refractivity contribution in [1.29, 1.82) is 0 Å². The summed E-state index contributed by atoms with van der Waals surface area (Å²) in [5, 5.41) is 9.42. The number of unbranched alkanes of at least 4 members (excludes halogenated alkanes) is 2. The number of nitrogen functional groups attached to an aromatic ring is 1. The molecule has 0 atom stereocenters. The van der Waals surface area contributed by atoms with Gasteiger partial charge in [0.15, 0.2) is 0 Å². The first-order valence-corrected chi connectivity index (χ1v) is 7.97. The molecule has 0 radical (unpaired) electrons. The van der Waals surface area contributed by atoms with Gasteiger partial charge in [-0.3, -0.25) is 0 Å². The molecule has 1 aromatic carbocycles. The lowest BCUT2D eigenvalue weighted by Crippen LogP contribution is -2.27. The molecule has 0 aliphatic carbocycles. The second-order valence-electron chi connectivity index (χ2n) is 5.55. The molecule has 114 valence electrons. The Hall–Kier alpha value is -1.22. The van der Waals surface area contributed by atoms with Gasteiger partial charge in [0.2, 0.25) is 0 Å². The van der Waals surface area contributed by atoms with Crippen molar-refractivity contribution in [2.75, 3.05) is 25.4 Å². The third-order valence-electron chi connectivity index (χ3n) is 3.69. The number of rotatable bonds is 10. The maximum atomic E-state index is 9.42. The molecule has 0 fully saturated rings. The van der Waals surface area contributed by atoms with Crippen molar-refractivity contribution in [2.45, 2.75) is 52.4 Å². The lowest BCUT2D eigenvalue weighted by molar-refractivity contribution is 0.262. The van der Waals surface area contributed by atoms with Crippen LogP contribution in [0.15, 0.2) is 18.2 Å². The standard InChI is InChI=1S/C17H30N2O/c1-3-5-11-19(12-6-4-2)13-7-8-15-9-10-17(20)16(18)14-15/h9-10,14,20H,3-8,11-13,18H2,1-2H3. The minimum absolute atomic E-state index is 0.182. The molecule has 0 aromatic heterocycles. The quantitative estimate of drug-likeness (QED) is 0.505. The van der Waals surface area contributed by atoms with E-state index in [0.29, 0.717) is 5.69 Å². The molecular weight excluding hydrogens is 248 g/mol. The fraction of sp³-hybridized carbons (Fsp3) is 0.647. The number of anilines is 1. The van der Waals surface area contributed by atoms with E-state index in [1.807, 2.05) is 12.1 Å². The van der Waals surface area contributed by atoms with Gasteiger partial charge in [0.05, 0.1) is 5.69 Å². The molecule has 20 heavy (non-hydrogen) atoms. The predicted molar refractivity (Wildman–Crippen MR) is 87.1 cm³/mol. The van der Waals surface area contributed by atoms with Crippen LogP contribution in [0.5, 0.6) is 5.75 Å². The van der Waals surface area contributed by atoms with Crippen LogP contribution in [0.3, 0.4) is 0 Å². The van der Waals surface area contributed by atoms with E-state index in [9.17, 15) is 5.11 Å². The highest BCUT2D eigenvalue weighted by molar-refractivity contribution is 5.53. The van der Waals surface area contributed by atoms with Crippen molar-refractivity contribution in [3.05, 3.63) is 23.8 Å². The summed E-state index contributed by atoms with van der Waals surface area (Å²) in [6.07, 6.45) is 7.27. The average molecular weight is 278 g/mol. The Morgan fingerprint density at radius 3 is 2.15 bits per heavy atom. The summed E-state index contributed by atoms with van der Waals surface area (Å²) < 4.78 is 0. The zero-order valence-corrected chi connectivity index (χ0v) is 13.1. The van der Waals surface area contributed by atoms with Crippen molar-refractivity contribution in [2.24, 2.45) is 0 Å². The Bertz CT molecular complexity index is 371. The van der Waals surface area contributed by atoms with Crippen LogP contribution >= 0.6 is 0 Å². The Labute approximate surface area is 123 Å². The smallest absolute Gasteiger partial charge is 0.138 e. The van der Waals surface area contributed by atoms with Crippen LogP contribution in [-0.2, 0) is 6.42 Å². The van der Waals surface area contributed by atoms with E-state index in [0.717, 1.165) is 19.4 Å². The van der Waals surface area contributed by atoms with Crippen LogP contribution in [0.4, 0.5) is 5.69 Å². The van der Waals surface area contributed by atoms with Gasteiger partial charge in [-0.15, -0.1) is 0 Å². The molecule has 1 aromatic rings. The summed E-state index contributed by atoms with van der Waals surface area (Å²) >= 11 is 0. The van der Waals surface area contributed by atoms with E-state index in [4.69, 9.17) is 5.73 Å². The molecule has 0 heterocycles. The molecule has 0 aliphatic heterocycles. The molecule has 3 heteroatoms. The molecule has 3 N–H and O–H groups in total. The maximum absolute atomic E-state index is 9.42. The van der Waals surface area contributed by atoms with Gasteiger partial charge in [-0.05, 0) is 63.0 Å². The first-order valence-electron chi connectivity index (χ1n) is 7.97. The lowest BCUT2D eigenvalue weighted by Gasteiger charge is -2.21. The normalized spacial score (nSPS) is 11.2. The molecule has 0 aliphatic rings. The van der Waals surface area contributed by atoms with E-state index in [-0.39, 0.29) is 5.75 Å².